The van der Waals surface area contributed by atoms with Crippen molar-refractivity contribution < 1.29 is 14.4 Å². The van der Waals surface area contributed by atoms with Crippen LogP contribution in [-0.2, 0) is 9.57 Å². The topological polar surface area (TPSA) is 51.1 Å². The van der Waals surface area contributed by atoms with E-state index in [2.05, 4.69) is 32.6 Å². The third-order valence-electron chi connectivity index (χ3n) is 5.34. The second-order valence-corrected chi connectivity index (χ2v) is 9.33. The first-order chi connectivity index (χ1) is 15.4. The van der Waals surface area contributed by atoms with Gasteiger partial charge in [-0.1, -0.05) is 71.3 Å². The summed E-state index contributed by atoms with van der Waals surface area (Å²) in [6, 6.07) is 7.39. The van der Waals surface area contributed by atoms with Gasteiger partial charge < -0.3 is 14.5 Å². The van der Waals surface area contributed by atoms with Crippen molar-refractivity contribution in [1.29, 1.82) is 0 Å². The second kappa shape index (κ2) is 15.3. The van der Waals surface area contributed by atoms with Gasteiger partial charge in [-0.05, 0) is 61.5 Å². The van der Waals surface area contributed by atoms with Crippen molar-refractivity contribution >= 4 is 39.2 Å². The molecule has 7 heteroatoms. The van der Waals surface area contributed by atoms with Crippen LogP contribution in [0.4, 0.5) is 0 Å². The van der Waals surface area contributed by atoms with Crippen molar-refractivity contribution in [3.8, 4) is 0 Å². The van der Waals surface area contributed by atoms with Crippen molar-refractivity contribution in [2.75, 3.05) is 33.4 Å². The lowest BCUT2D eigenvalue weighted by Crippen LogP contribution is -2.45. The highest BCUT2D eigenvalue weighted by molar-refractivity contribution is 9.11. The number of benzene rings is 1. The molecule has 178 valence electrons. The van der Waals surface area contributed by atoms with Gasteiger partial charge in [-0.2, -0.15) is 0 Å². The molecule has 0 saturated carbocycles. The minimum absolute atomic E-state index is 0.164. The number of likely N-dealkylation sites (tertiary alicyclic amines) is 1. The maximum atomic E-state index is 11.6. The fraction of sp³-hybridized carbons (Fsp3) is 0.520. The third kappa shape index (κ3) is 9.47. The van der Waals surface area contributed by atoms with Gasteiger partial charge in [0.15, 0.2) is 0 Å². The number of oxime groups is 1. The van der Waals surface area contributed by atoms with Crippen LogP contribution >= 0.6 is 27.5 Å². The van der Waals surface area contributed by atoms with Gasteiger partial charge in [-0.25, -0.2) is 4.79 Å². The monoisotopic (exact) mass is 526 g/mol. The normalized spacial score (nSPS) is 17.2. The Labute approximate surface area is 206 Å². The van der Waals surface area contributed by atoms with E-state index in [0.29, 0.717) is 12.2 Å². The highest BCUT2D eigenvalue weighted by atomic mass is 79.9. The number of esters is 1. The minimum atomic E-state index is -0.328. The second-order valence-electron chi connectivity index (χ2n) is 7.73. The highest BCUT2D eigenvalue weighted by Gasteiger charge is 2.39. The molecule has 0 bridgehead atoms. The van der Waals surface area contributed by atoms with Crippen LogP contribution in [0.25, 0.3) is 0 Å². The number of nitrogens with zero attached hydrogens (tertiary/aromatic N) is 2. The Balaban J connectivity index is 0.000000769. The van der Waals surface area contributed by atoms with Crippen molar-refractivity contribution in [3.05, 3.63) is 58.1 Å². The van der Waals surface area contributed by atoms with Crippen LogP contribution in [-0.4, -0.2) is 49.9 Å². The lowest BCUT2D eigenvalue weighted by molar-refractivity contribution is -0.00653. The molecular weight excluding hydrogens is 492 g/mol. The average Bonchev–Trinajstić information content (AvgIpc) is 2.81. The quantitative estimate of drug-likeness (QED) is 0.397. The maximum absolute atomic E-state index is 11.6. The molecule has 0 aromatic heterocycles. The summed E-state index contributed by atoms with van der Waals surface area (Å²) in [5.41, 5.74) is 4.27. The summed E-state index contributed by atoms with van der Waals surface area (Å²) in [6.45, 7) is 13.3. The molecule has 1 aromatic rings. The Morgan fingerprint density at radius 1 is 1.31 bits per heavy atom. The van der Waals surface area contributed by atoms with Crippen molar-refractivity contribution in [1.82, 2.24) is 4.90 Å². The summed E-state index contributed by atoms with van der Waals surface area (Å²) in [5.74, 6) is -0.328. The Morgan fingerprint density at radius 2 is 1.91 bits per heavy atom. The lowest BCUT2D eigenvalue weighted by atomic mass is 9.73. The molecule has 1 spiro atoms. The van der Waals surface area contributed by atoms with Crippen LogP contribution in [0.2, 0.25) is 0 Å². The molecule has 1 aromatic carbocycles. The number of hydrogen-bond donors (Lipinski definition) is 0. The molecule has 0 atom stereocenters. The molecule has 3 rings (SSSR count). The SMILES string of the molecule is C=C(C)Br.CC.COC(=O)c1ccc(C2=NOCC3(CCN(CC/C=C/Cl)CC3)C2)cc1. The molecular formula is C25H36BrClN2O3. The van der Waals surface area contributed by atoms with Crippen LogP contribution in [0.15, 0.2) is 52.1 Å². The number of allylic oxidation sites excluding steroid dienone is 1. The van der Waals surface area contributed by atoms with Gasteiger partial charge in [0.2, 0.25) is 0 Å². The molecule has 1 fully saturated rings. The first kappa shape index (κ1) is 28.4. The molecule has 0 amide bonds. The van der Waals surface area contributed by atoms with Gasteiger partial charge in [-0.15, -0.1) is 0 Å². The Hall–Kier alpha value is -1.63. The summed E-state index contributed by atoms with van der Waals surface area (Å²) in [6.07, 6.45) is 6.12. The predicted molar refractivity (Wildman–Crippen MR) is 138 cm³/mol. The van der Waals surface area contributed by atoms with Crippen LogP contribution in [0.1, 0.15) is 62.4 Å². The molecule has 0 radical (unpaired) electrons. The highest BCUT2D eigenvalue weighted by Crippen LogP contribution is 2.39. The first-order valence-electron chi connectivity index (χ1n) is 11.1. The number of carbonyl (C=O) groups excluding carboxylic acids is 1. The van der Waals surface area contributed by atoms with Crippen LogP contribution in [0.3, 0.4) is 0 Å². The summed E-state index contributed by atoms with van der Waals surface area (Å²) in [5, 5.41) is 4.29. The third-order valence-corrected chi connectivity index (χ3v) is 5.52. The molecule has 2 heterocycles. The molecule has 5 nitrogen and oxygen atoms in total. The fourth-order valence-electron chi connectivity index (χ4n) is 3.65. The van der Waals surface area contributed by atoms with Crippen LogP contribution in [0, 0.1) is 5.41 Å². The molecule has 2 aliphatic heterocycles. The van der Waals surface area contributed by atoms with E-state index >= 15 is 0 Å². The standard InChI is InChI=1S/C20H25ClN2O3.C3H5Br.C2H6/c1-25-19(24)17-6-4-16(5-7-17)18-14-20(15-26-22-18)8-12-23(13-9-20)11-3-2-10-21;1-3(2)4;1-2/h2,4-7,10H,3,8-9,11-15H2,1H3;1H2,2H3;1-2H3/b10-2+;;. The van der Waals surface area contributed by atoms with E-state index in [-0.39, 0.29) is 11.4 Å². The molecule has 0 aliphatic carbocycles. The van der Waals surface area contributed by atoms with Gasteiger partial charge in [0, 0.05) is 23.9 Å². The van der Waals surface area contributed by atoms with E-state index in [1.165, 1.54) is 7.11 Å². The average molecular weight is 528 g/mol. The van der Waals surface area contributed by atoms with Gasteiger partial charge in [-0.3, -0.25) is 0 Å². The number of ether oxygens (including phenoxy) is 1. The number of methoxy groups -OCH3 is 1. The zero-order valence-corrected chi connectivity index (χ0v) is 22.0. The zero-order chi connectivity index (χ0) is 24.0. The van der Waals surface area contributed by atoms with E-state index in [9.17, 15) is 4.79 Å². The summed E-state index contributed by atoms with van der Waals surface area (Å²) >= 11 is 8.67. The van der Waals surface area contributed by atoms with E-state index < -0.39 is 0 Å². The summed E-state index contributed by atoms with van der Waals surface area (Å²) in [7, 11) is 1.39. The Bertz CT molecular complexity index is 766. The van der Waals surface area contributed by atoms with Gasteiger partial charge in [0.25, 0.3) is 0 Å². The molecule has 32 heavy (non-hydrogen) atoms. The summed E-state index contributed by atoms with van der Waals surface area (Å²) in [4.78, 5) is 19.7. The molecule has 0 unspecified atom stereocenters. The van der Waals surface area contributed by atoms with E-state index in [1.807, 2.05) is 39.0 Å². The minimum Gasteiger partial charge on any atom is -0.465 e. The van der Waals surface area contributed by atoms with Gasteiger partial charge >= 0.3 is 5.97 Å². The Kier molecular flexibility index (Phi) is 13.5. The van der Waals surface area contributed by atoms with Gasteiger partial charge in [0.05, 0.1) is 18.4 Å². The predicted octanol–water partition coefficient (Wildman–Crippen LogP) is 6.76. The van der Waals surface area contributed by atoms with Crippen LogP contribution in [0.5, 0.6) is 0 Å². The lowest BCUT2D eigenvalue weighted by Gasteiger charge is -2.42. The zero-order valence-electron chi connectivity index (χ0n) is 19.7. The van der Waals surface area contributed by atoms with Crippen LogP contribution < -0.4 is 0 Å². The first-order valence-corrected chi connectivity index (χ1v) is 12.3. The Morgan fingerprint density at radius 3 is 2.44 bits per heavy atom. The van der Waals surface area contributed by atoms with E-state index in [1.54, 1.807) is 17.7 Å². The number of rotatable bonds is 5. The number of carbonyl (C=O) groups is 1. The fourth-order valence-corrected chi connectivity index (χ4v) is 3.78. The van der Waals surface area contributed by atoms with E-state index in [0.717, 1.165) is 61.1 Å². The summed E-state index contributed by atoms with van der Waals surface area (Å²) < 4.78 is 5.73. The molecule has 2 aliphatic rings. The largest absolute Gasteiger partial charge is 0.465 e. The van der Waals surface area contributed by atoms with Crippen molar-refractivity contribution in [3.63, 3.8) is 0 Å². The molecule has 0 N–H and O–H groups in total. The molecule has 1 saturated heterocycles. The van der Waals surface area contributed by atoms with Crippen molar-refractivity contribution in [2.45, 2.75) is 46.5 Å². The van der Waals surface area contributed by atoms with E-state index in [4.69, 9.17) is 21.2 Å². The number of halogens is 2. The van der Waals surface area contributed by atoms with Gasteiger partial charge in [0.1, 0.15) is 6.61 Å². The number of hydrogen-bond acceptors (Lipinski definition) is 5. The smallest absolute Gasteiger partial charge is 0.337 e. The van der Waals surface area contributed by atoms with Crippen molar-refractivity contribution in [2.24, 2.45) is 10.6 Å². The maximum Gasteiger partial charge on any atom is 0.337 e. The number of piperidine rings is 1.